The number of hydrogen-bond donors (Lipinski definition) is 4. The number of halogens is 6. The highest BCUT2D eigenvalue weighted by molar-refractivity contribution is 6.02. The Morgan fingerprint density at radius 1 is 0.921 bits per heavy atom. The first-order valence-electron chi connectivity index (χ1n) is 10.1. The van der Waals surface area contributed by atoms with E-state index in [0.29, 0.717) is 12.1 Å². The normalized spacial score (nSPS) is 11.0. The van der Waals surface area contributed by atoms with Crippen molar-refractivity contribution in [3.8, 4) is 11.4 Å². The molecule has 0 aliphatic rings. The summed E-state index contributed by atoms with van der Waals surface area (Å²) in [6, 6.07) is 13.3. The number of fused-ring (bicyclic) bond motifs is 1. The van der Waals surface area contributed by atoms with Crippen molar-refractivity contribution in [3.63, 3.8) is 0 Å². The van der Waals surface area contributed by atoms with Crippen LogP contribution in [0.5, 0.6) is 0 Å². The van der Waals surface area contributed by atoms with Gasteiger partial charge in [0.05, 0.1) is 22.5 Å². The molecule has 0 saturated heterocycles. The number of carbonyl (C=O) groups excluding carboxylic acids is 1. The smallest absolute Gasteiger partial charge is 0.475 e. The minimum absolute atomic E-state index is 0.117. The number of aliphatic carboxylic acids is 2. The van der Waals surface area contributed by atoms with E-state index in [1.807, 2.05) is 53.1 Å². The Balaban J connectivity index is 0.000000301. The highest BCUT2D eigenvalue weighted by atomic mass is 19.4. The lowest BCUT2D eigenvalue weighted by Crippen LogP contribution is -2.22. The van der Waals surface area contributed by atoms with Gasteiger partial charge in [-0.05, 0) is 35.9 Å². The van der Waals surface area contributed by atoms with E-state index >= 15 is 0 Å². The van der Waals surface area contributed by atoms with E-state index < -0.39 is 24.3 Å². The number of aromatic nitrogens is 4. The van der Waals surface area contributed by atoms with Crippen LogP contribution in [-0.4, -0.2) is 60.0 Å². The maximum Gasteiger partial charge on any atom is 0.490 e. The molecule has 0 radical (unpaired) electrons. The first-order chi connectivity index (χ1) is 17.7. The van der Waals surface area contributed by atoms with Gasteiger partial charge in [-0.3, -0.25) is 14.9 Å². The molecule has 16 heteroatoms. The van der Waals surface area contributed by atoms with Crippen molar-refractivity contribution in [1.29, 1.82) is 0 Å². The minimum atomic E-state index is -5.08. The third-order valence-electron chi connectivity index (χ3n) is 4.36. The number of carboxylic acid groups (broad SMARTS) is 2. The predicted octanol–water partition coefficient (Wildman–Crippen LogP) is 3.92. The van der Waals surface area contributed by atoms with Crippen molar-refractivity contribution in [2.24, 2.45) is 0 Å². The summed E-state index contributed by atoms with van der Waals surface area (Å²) in [5.74, 6) is -5.63. The number of carboxylic acids is 2. The molecule has 38 heavy (non-hydrogen) atoms. The number of amides is 1. The van der Waals surface area contributed by atoms with Gasteiger partial charge in [0.1, 0.15) is 0 Å². The molecular formula is C22H17F6N5O5. The Morgan fingerprint density at radius 2 is 1.55 bits per heavy atom. The van der Waals surface area contributed by atoms with Gasteiger partial charge in [-0.2, -0.15) is 31.4 Å². The Kier molecular flexibility index (Phi) is 9.56. The summed E-state index contributed by atoms with van der Waals surface area (Å²) in [5, 5.41) is 24.1. The summed E-state index contributed by atoms with van der Waals surface area (Å²) in [6.07, 6.45) is -3.08. The minimum Gasteiger partial charge on any atom is -0.475 e. The zero-order chi connectivity index (χ0) is 28.5. The molecule has 202 valence electrons. The Labute approximate surface area is 208 Å². The molecule has 4 rings (SSSR count). The van der Waals surface area contributed by atoms with Gasteiger partial charge >= 0.3 is 24.3 Å². The van der Waals surface area contributed by atoms with Crippen LogP contribution in [0.4, 0.5) is 26.3 Å². The lowest BCUT2D eigenvalue weighted by Gasteiger charge is -2.04. The fourth-order valence-corrected chi connectivity index (χ4v) is 2.72. The molecule has 0 spiro atoms. The largest absolute Gasteiger partial charge is 0.490 e. The fraction of sp³-hybridized carbons (Fsp3) is 0.136. The molecule has 0 saturated carbocycles. The Morgan fingerprint density at radius 3 is 2.05 bits per heavy atom. The number of alkyl halides is 6. The molecule has 1 amide bonds. The van der Waals surface area contributed by atoms with Crippen molar-refractivity contribution in [2.75, 3.05) is 0 Å². The zero-order valence-corrected chi connectivity index (χ0v) is 18.8. The topological polar surface area (TPSA) is 150 Å². The standard InChI is InChI=1S/C18H15N5O.2C2HF3O2/c24-18(20-12-13-4-3-7-19-11-13)14-10-17(15-6-8-21-22-15)23-9-2-1-5-16(14)23;2*3-2(4,5)1(6)7/h1-11H,12H2,(H,20,24)(H,21,22);2*(H,6,7). The van der Waals surface area contributed by atoms with E-state index in [0.717, 1.165) is 22.5 Å². The molecule has 0 atom stereocenters. The SMILES string of the molecule is O=C(NCc1cccnc1)c1cc(-c2ccn[nH]2)n2ccccc12.O=C(O)C(F)(F)F.O=C(O)C(F)(F)F. The van der Waals surface area contributed by atoms with Crippen LogP contribution in [0.3, 0.4) is 0 Å². The molecule has 4 aromatic rings. The molecule has 4 aromatic heterocycles. The second kappa shape index (κ2) is 12.4. The number of aromatic amines is 1. The first kappa shape index (κ1) is 29.3. The third kappa shape index (κ3) is 8.35. The lowest BCUT2D eigenvalue weighted by atomic mass is 10.2. The highest BCUT2D eigenvalue weighted by Crippen LogP contribution is 2.24. The van der Waals surface area contributed by atoms with Gasteiger partial charge in [-0.25, -0.2) is 9.59 Å². The van der Waals surface area contributed by atoms with E-state index in [1.165, 1.54) is 0 Å². The van der Waals surface area contributed by atoms with E-state index in [-0.39, 0.29) is 5.91 Å². The average Bonchev–Trinajstić information content (AvgIpc) is 3.51. The zero-order valence-electron chi connectivity index (χ0n) is 18.8. The van der Waals surface area contributed by atoms with E-state index in [2.05, 4.69) is 20.5 Å². The first-order valence-corrected chi connectivity index (χ1v) is 10.1. The van der Waals surface area contributed by atoms with E-state index in [1.54, 1.807) is 18.6 Å². The molecule has 10 nitrogen and oxygen atoms in total. The Bertz CT molecular complexity index is 1350. The van der Waals surface area contributed by atoms with Gasteiger partial charge in [0.15, 0.2) is 0 Å². The number of carbonyl (C=O) groups is 3. The van der Waals surface area contributed by atoms with Crippen LogP contribution >= 0.6 is 0 Å². The van der Waals surface area contributed by atoms with Gasteiger partial charge in [0, 0.05) is 31.3 Å². The summed E-state index contributed by atoms with van der Waals surface area (Å²) in [5.41, 5.74) is 4.20. The maximum absolute atomic E-state index is 12.6. The van der Waals surface area contributed by atoms with Crippen LogP contribution < -0.4 is 5.32 Å². The van der Waals surface area contributed by atoms with Crippen molar-refractivity contribution >= 4 is 23.4 Å². The molecular weight excluding hydrogens is 528 g/mol. The number of hydrogen-bond acceptors (Lipinski definition) is 5. The molecule has 0 bridgehead atoms. The average molecular weight is 545 g/mol. The lowest BCUT2D eigenvalue weighted by molar-refractivity contribution is -0.193. The van der Waals surface area contributed by atoms with Gasteiger partial charge < -0.3 is 19.9 Å². The molecule has 0 unspecified atom stereocenters. The van der Waals surface area contributed by atoms with E-state index in [4.69, 9.17) is 19.8 Å². The fourth-order valence-electron chi connectivity index (χ4n) is 2.72. The van der Waals surface area contributed by atoms with Crippen LogP contribution in [0.25, 0.3) is 16.9 Å². The third-order valence-corrected chi connectivity index (χ3v) is 4.36. The van der Waals surface area contributed by atoms with Gasteiger partial charge in [-0.1, -0.05) is 12.1 Å². The quantitative estimate of drug-likeness (QED) is 0.284. The maximum atomic E-state index is 12.6. The van der Waals surface area contributed by atoms with Crippen LogP contribution in [0, 0.1) is 0 Å². The van der Waals surface area contributed by atoms with Crippen molar-refractivity contribution < 1.29 is 50.9 Å². The Hall–Kier alpha value is -4.89. The molecule has 0 aliphatic carbocycles. The second-order valence-electron chi connectivity index (χ2n) is 7.02. The second-order valence-corrected chi connectivity index (χ2v) is 7.02. The highest BCUT2D eigenvalue weighted by Gasteiger charge is 2.38. The van der Waals surface area contributed by atoms with Crippen molar-refractivity contribution in [1.82, 2.24) is 24.9 Å². The number of nitrogens with one attached hydrogen (secondary N) is 2. The summed E-state index contributed by atoms with van der Waals surface area (Å²) in [6.45, 7) is 0.441. The molecule has 0 aliphatic heterocycles. The summed E-state index contributed by atoms with van der Waals surface area (Å²) < 4.78 is 65.5. The van der Waals surface area contributed by atoms with E-state index in [9.17, 15) is 31.1 Å². The van der Waals surface area contributed by atoms with Gasteiger partial charge in [0.25, 0.3) is 5.91 Å². The number of nitrogens with zero attached hydrogens (tertiary/aromatic N) is 3. The van der Waals surface area contributed by atoms with Crippen LogP contribution in [0.1, 0.15) is 15.9 Å². The number of rotatable bonds is 4. The summed E-state index contributed by atoms with van der Waals surface area (Å²) >= 11 is 0. The van der Waals surface area contributed by atoms with Gasteiger partial charge in [0.2, 0.25) is 0 Å². The summed E-state index contributed by atoms with van der Waals surface area (Å²) in [4.78, 5) is 34.5. The van der Waals surface area contributed by atoms with Crippen molar-refractivity contribution in [2.45, 2.75) is 18.9 Å². The number of H-pyrrole nitrogens is 1. The molecule has 0 aromatic carbocycles. The monoisotopic (exact) mass is 545 g/mol. The predicted molar refractivity (Wildman–Crippen MR) is 118 cm³/mol. The molecule has 4 heterocycles. The van der Waals surface area contributed by atoms with Crippen LogP contribution in [-0.2, 0) is 16.1 Å². The summed E-state index contributed by atoms with van der Waals surface area (Å²) in [7, 11) is 0. The molecule has 4 N–H and O–H groups in total. The van der Waals surface area contributed by atoms with Crippen molar-refractivity contribution in [3.05, 3.63) is 78.4 Å². The van der Waals surface area contributed by atoms with Crippen LogP contribution in [0.2, 0.25) is 0 Å². The molecule has 0 fully saturated rings. The van der Waals surface area contributed by atoms with Gasteiger partial charge in [-0.15, -0.1) is 0 Å². The van der Waals surface area contributed by atoms with Crippen LogP contribution in [0.15, 0.2) is 67.3 Å². The number of pyridine rings is 2.